The molecule has 0 radical (unpaired) electrons. The molecule has 0 bridgehead atoms. The summed E-state index contributed by atoms with van der Waals surface area (Å²) in [5, 5.41) is 2.85. The fourth-order valence-electron chi connectivity index (χ4n) is 2.83. The molecule has 2 aromatic carbocycles. The van der Waals surface area contributed by atoms with Gasteiger partial charge in [-0.1, -0.05) is 42.5 Å². The molecule has 0 aliphatic rings. The fourth-order valence-corrected chi connectivity index (χ4v) is 3.68. The molecule has 150 valence electrons. The van der Waals surface area contributed by atoms with E-state index in [0.29, 0.717) is 11.3 Å². The van der Waals surface area contributed by atoms with Gasteiger partial charge in [-0.05, 0) is 44.4 Å². The molecule has 0 unspecified atom stereocenters. The molecule has 28 heavy (non-hydrogen) atoms. The number of hydrogen-bond acceptors (Lipinski definition) is 4. The lowest BCUT2D eigenvalue weighted by atomic mass is 10.1. The molecule has 1 N–H and O–H groups in total. The molecule has 7 heteroatoms. The van der Waals surface area contributed by atoms with Crippen LogP contribution in [0.2, 0.25) is 0 Å². The summed E-state index contributed by atoms with van der Waals surface area (Å²) in [4.78, 5) is 24.0. The molecule has 0 saturated carbocycles. The van der Waals surface area contributed by atoms with Crippen LogP contribution in [0, 0.1) is 0 Å². The van der Waals surface area contributed by atoms with Crippen molar-refractivity contribution in [3.63, 3.8) is 0 Å². The lowest BCUT2D eigenvalue weighted by Gasteiger charge is -2.23. The summed E-state index contributed by atoms with van der Waals surface area (Å²) in [6.45, 7) is 2.96. The minimum atomic E-state index is -3.69. The van der Waals surface area contributed by atoms with Crippen molar-refractivity contribution in [2.24, 2.45) is 0 Å². The van der Waals surface area contributed by atoms with Gasteiger partial charge in [0.15, 0.2) is 5.78 Å². The van der Waals surface area contributed by atoms with Crippen LogP contribution in [-0.4, -0.2) is 39.0 Å². The highest BCUT2D eigenvalue weighted by Crippen LogP contribution is 2.19. The summed E-state index contributed by atoms with van der Waals surface area (Å²) in [6.07, 6.45) is 2.60. The van der Waals surface area contributed by atoms with Gasteiger partial charge in [0, 0.05) is 11.6 Å². The Kier molecular flexibility index (Phi) is 7.34. The monoisotopic (exact) mass is 402 g/mol. The first kappa shape index (κ1) is 21.6. The molecule has 0 saturated heterocycles. The highest BCUT2D eigenvalue weighted by molar-refractivity contribution is 7.92. The SMILES string of the molecule is CC(=O)c1cccc(N(CC(=O)N[C@@H](C)CCc2ccccc2)S(C)(=O)=O)c1. The van der Waals surface area contributed by atoms with E-state index in [1.54, 1.807) is 18.2 Å². The number of anilines is 1. The highest BCUT2D eigenvalue weighted by Gasteiger charge is 2.22. The van der Waals surface area contributed by atoms with Crippen LogP contribution in [0.5, 0.6) is 0 Å². The zero-order valence-corrected chi connectivity index (χ0v) is 17.2. The second-order valence-corrected chi connectivity index (χ2v) is 8.78. The van der Waals surface area contributed by atoms with E-state index in [0.717, 1.165) is 23.4 Å². The standard InChI is InChI=1S/C21H26N2O4S/c1-16(12-13-18-8-5-4-6-9-18)22-21(25)15-23(28(3,26)27)20-11-7-10-19(14-20)17(2)24/h4-11,14,16H,12-13,15H2,1-3H3,(H,22,25)/t16-/m0/s1. The summed E-state index contributed by atoms with van der Waals surface area (Å²) in [5.74, 6) is -0.562. The Bertz CT molecular complexity index is 926. The number of nitrogens with zero attached hydrogens (tertiary/aromatic N) is 1. The summed E-state index contributed by atoms with van der Waals surface area (Å²) in [5.41, 5.74) is 1.87. The first-order valence-corrected chi connectivity index (χ1v) is 10.9. The van der Waals surface area contributed by atoms with Crippen LogP contribution in [0.4, 0.5) is 5.69 Å². The van der Waals surface area contributed by atoms with Crippen molar-refractivity contribution in [3.05, 3.63) is 65.7 Å². The zero-order chi connectivity index (χ0) is 20.7. The van der Waals surface area contributed by atoms with E-state index in [2.05, 4.69) is 5.32 Å². The Morgan fingerprint density at radius 1 is 1.07 bits per heavy atom. The minimum Gasteiger partial charge on any atom is -0.352 e. The first-order valence-electron chi connectivity index (χ1n) is 9.09. The maximum Gasteiger partial charge on any atom is 0.240 e. The second kappa shape index (κ2) is 9.50. The van der Waals surface area contributed by atoms with E-state index in [9.17, 15) is 18.0 Å². The van der Waals surface area contributed by atoms with E-state index < -0.39 is 10.0 Å². The zero-order valence-electron chi connectivity index (χ0n) is 16.4. The van der Waals surface area contributed by atoms with Gasteiger partial charge in [0.05, 0.1) is 11.9 Å². The van der Waals surface area contributed by atoms with Gasteiger partial charge >= 0.3 is 0 Å². The maximum absolute atomic E-state index is 12.4. The predicted octanol–water partition coefficient (Wildman–Crippen LogP) is 2.79. The Labute approximate surface area is 166 Å². The average Bonchev–Trinajstić information content (AvgIpc) is 2.64. The van der Waals surface area contributed by atoms with E-state index >= 15 is 0 Å². The number of sulfonamides is 1. The molecular weight excluding hydrogens is 376 g/mol. The Morgan fingerprint density at radius 3 is 2.36 bits per heavy atom. The fraction of sp³-hybridized carbons (Fsp3) is 0.333. The molecule has 2 aromatic rings. The van der Waals surface area contributed by atoms with Gasteiger partial charge in [0.2, 0.25) is 15.9 Å². The molecule has 0 spiro atoms. The van der Waals surface area contributed by atoms with E-state index in [4.69, 9.17) is 0 Å². The number of hydrogen-bond donors (Lipinski definition) is 1. The van der Waals surface area contributed by atoms with Crippen molar-refractivity contribution in [2.75, 3.05) is 17.1 Å². The van der Waals surface area contributed by atoms with Gasteiger partial charge in [-0.25, -0.2) is 8.42 Å². The maximum atomic E-state index is 12.4. The number of rotatable bonds is 9. The van der Waals surface area contributed by atoms with Crippen LogP contribution in [0.25, 0.3) is 0 Å². The number of aryl methyl sites for hydroxylation is 1. The normalized spacial score (nSPS) is 12.2. The largest absolute Gasteiger partial charge is 0.352 e. The third kappa shape index (κ3) is 6.49. The van der Waals surface area contributed by atoms with Crippen LogP contribution in [0.15, 0.2) is 54.6 Å². The molecule has 6 nitrogen and oxygen atoms in total. The van der Waals surface area contributed by atoms with Gasteiger partial charge < -0.3 is 5.32 Å². The summed E-state index contributed by atoms with van der Waals surface area (Å²) in [6, 6.07) is 16.1. The summed E-state index contributed by atoms with van der Waals surface area (Å²) < 4.78 is 25.4. The van der Waals surface area contributed by atoms with E-state index in [-0.39, 0.29) is 24.3 Å². The van der Waals surface area contributed by atoms with Crippen molar-refractivity contribution in [1.29, 1.82) is 0 Å². The van der Waals surface area contributed by atoms with E-state index in [1.807, 2.05) is 37.3 Å². The smallest absolute Gasteiger partial charge is 0.240 e. The number of carbonyl (C=O) groups is 2. The molecule has 1 amide bonds. The van der Waals surface area contributed by atoms with Gasteiger partial charge in [-0.3, -0.25) is 13.9 Å². The van der Waals surface area contributed by atoms with Gasteiger partial charge in [-0.15, -0.1) is 0 Å². The quantitative estimate of drug-likeness (QED) is 0.654. The summed E-state index contributed by atoms with van der Waals surface area (Å²) in [7, 11) is -3.69. The Balaban J connectivity index is 2.03. The van der Waals surface area contributed by atoms with Crippen molar-refractivity contribution in [2.45, 2.75) is 32.7 Å². The van der Waals surface area contributed by atoms with E-state index in [1.165, 1.54) is 18.6 Å². The van der Waals surface area contributed by atoms with Crippen molar-refractivity contribution in [3.8, 4) is 0 Å². The van der Waals surface area contributed by atoms with Crippen LogP contribution in [0.3, 0.4) is 0 Å². The van der Waals surface area contributed by atoms with Crippen LogP contribution >= 0.6 is 0 Å². The van der Waals surface area contributed by atoms with Gasteiger partial charge in [0.1, 0.15) is 6.54 Å². The van der Waals surface area contributed by atoms with Crippen molar-refractivity contribution >= 4 is 27.4 Å². The van der Waals surface area contributed by atoms with Crippen molar-refractivity contribution < 1.29 is 18.0 Å². The Morgan fingerprint density at radius 2 is 1.75 bits per heavy atom. The second-order valence-electron chi connectivity index (χ2n) is 6.87. The third-order valence-corrected chi connectivity index (χ3v) is 5.49. The molecule has 1 atom stereocenters. The average molecular weight is 403 g/mol. The third-order valence-electron chi connectivity index (χ3n) is 4.34. The van der Waals surface area contributed by atoms with Crippen LogP contribution in [-0.2, 0) is 21.2 Å². The molecule has 0 aromatic heterocycles. The number of nitrogens with one attached hydrogen (secondary N) is 1. The molecule has 0 fully saturated rings. The Hall–Kier alpha value is -2.67. The minimum absolute atomic E-state index is 0.0994. The lowest BCUT2D eigenvalue weighted by molar-refractivity contribution is -0.120. The van der Waals surface area contributed by atoms with Crippen molar-refractivity contribution in [1.82, 2.24) is 5.32 Å². The molecule has 0 aliphatic carbocycles. The number of carbonyl (C=O) groups excluding carboxylic acids is 2. The highest BCUT2D eigenvalue weighted by atomic mass is 32.2. The number of ketones is 1. The topological polar surface area (TPSA) is 83.6 Å². The molecule has 0 heterocycles. The van der Waals surface area contributed by atoms with Gasteiger partial charge in [0.25, 0.3) is 0 Å². The predicted molar refractivity (Wildman–Crippen MR) is 111 cm³/mol. The van der Waals surface area contributed by atoms with Crippen LogP contribution in [0.1, 0.15) is 36.2 Å². The number of Topliss-reactive ketones (excluding diaryl/α,β-unsaturated/α-hetero) is 1. The van der Waals surface area contributed by atoms with Crippen LogP contribution < -0.4 is 9.62 Å². The summed E-state index contributed by atoms with van der Waals surface area (Å²) >= 11 is 0. The lowest BCUT2D eigenvalue weighted by Crippen LogP contribution is -2.43. The molecular formula is C21H26N2O4S. The number of benzene rings is 2. The molecule has 0 aliphatic heterocycles. The number of amides is 1. The first-order chi connectivity index (χ1) is 13.2. The molecule has 2 rings (SSSR count). The van der Waals surface area contributed by atoms with Gasteiger partial charge in [-0.2, -0.15) is 0 Å².